The summed E-state index contributed by atoms with van der Waals surface area (Å²) >= 11 is 0. The van der Waals surface area contributed by atoms with Gasteiger partial charge in [-0.3, -0.25) is 4.79 Å². The molecule has 3 N–H and O–H groups in total. The molecule has 0 aliphatic heterocycles. The highest BCUT2D eigenvalue weighted by Gasteiger charge is 2.39. The van der Waals surface area contributed by atoms with E-state index in [4.69, 9.17) is 5.11 Å². The highest BCUT2D eigenvalue weighted by Crippen LogP contribution is 2.34. The number of hydrogen-bond acceptors (Lipinski definition) is 2. The summed E-state index contributed by atoms with van der Waals surface area (Å²) < 4.78 is 0. The van der Waals surface area contributed by atoms with E-state index in [1.807, 2.05) is 20.8 Å². The molecule has 0 radical (unpaired) electrons. The predicted octanol–water partition coefficient (Wildman–Crippen LogP) is 1.48. The van der Waals surface area contributed by atoms with E-state index in [1.165, 1.54) is 0 Å². The normalized spacial score (nSPS) is 17.7. The number of carboxylic acid groups (broad SMARTS) is 1. The van der Waals surface area contributed by atoms with Gasteiger partial charge in [-0.1, -0.05) is 0 Å². The van der Waals surface area contributed by atoms with Gasteiger partial charge in [-0.25, -0.2) is 4.79 Å². The van der Waals surface area contributed by atoms with Crippen molar-refractivity contribution in [3.63, 3.8) is 0 Å². The van der Waals surface area contributed by atoms with Crippen LogP contribution in [0.2, 0.25) is 0 Å². The third-order valence-electron chi connectivity index (χ3n) is 2.83. The van der Waals surface area contributed by atoms with Crippen molar-refractivity contribution >= 4 is 12.0 Å². The first-order valence-electron chi connectivity index (χ1n) is 5.55. The molecule has 2 amide bonds. The quantitative estimate of drug-likeness (QED) is 0.667. The Kier molecular flexibility index (Phi) is 3.45. The largest absolute Gasteiger partial charge is 0.481 e. The van der Waals surface area contributed by atoms with Crippen molar-refractivity contribution in [3.8, 4) is 0 Å². The number of urea groups is 1. The van der Waals surface area contributed by atoms with Crippen LogP contribution in [0.1, 0.15) is 46.5 Å². The average Bonchev–Trinajstić information content (AvgIpc) is 2.78. The van der Waals surface area contributed by atoms with Crippen LogP contribution in [-0.4, -0.2) is 28.2 Å². The smallest absolute Gasteiger partial charge is 0.315 e. The molecule has 0 spiro atoms. The Morgan fingerprint density at radius 1 is 1.38 bits per heavy atom. The standard InChI is InChI=1S/C11H20N2O3/c1-10(2,5-4-8(14)15)12-9(16)13-11(3)6-7-11/h4-7H2,1-3H3,(H,14,15)(H2,12,13,16). The van der Waals surface area contributed by atoms with Crippen LogP contribution < -0.4 is 10.6 Å². The molecule has 0 aromatic carbocycles. The summed E-state index contributed by atoms with van der Waals surface area (Å²) in [6.07, 6.45) is 2.50. The summed E-state index contributed by atoms with van der Waals surface area (Å²) in [7, 11) is 0. The first-order valence-corrected chi connectivity index (χ1v) is 5.55. The zero-order valence-electron chi connectivity index (χ0n) is 10.1. The van der Waals surface area contributed by atoms with Crippen molar-refractivity contribution < 1.29 is 14.7 Å². The summed E-state index contributed by atoms with van der Waals surface area (Å²) in [4.78, 5) is 22.0. The minimum Gasteiger partial charge on any atom is -0.481 e. The fourth-order valence-corrected chi connectivity index (χ4v) is 1.41. The predicted molar refractivity (Wildman–Crippen MR) is 60.3 cm³/mol. The van der Waals surface area contributed by atoms with Gasteiger partial charge in [0, 0.05) is 17.5 Å². The molecule has 0 saturated heterocycles. The Morgan fingerprint density at radius 3 is 2.38 bits per heavy atom. The van der Waals surface area contributed by atoms with E-state index in [9.17, 15) is 9.59 Å². The van der Waals surface area contributed by atoms with Gasteiger partial charge in [0.15, 0.2) is 0 Å². The molecule has 1 fully saturated rings. The van der Waals surface area contributed by atoms with E-state index >= 15 is 0 Å². The fourth-order valence-electron chi connectivity index (χ4n) is 1.41. The molecule has 1 aliphatic rings. The van der Waals surface area contributed by atoms with Crippen molar-refractivity contribution in [3.05, 3.63) is 0 Å². The Bertz CT molecular complexity index is 296. The molecular formula is C11H20N2O3. The highest BCUT2D eigenvalue weighted by atomic mass is 16.4. The average molecular weight is 228 g/mol. The van der Waals surface area contributed by atoms with E-state index in [0.717, 1.165) is 12.8 Å². The van der Waals surface area contributed by atoms with Gasteiger partial charge in [0.1, 0.15) is 0 Å². The zero-order valence-corrected chi connectivity index (χ0v) is 10.1. The number of carbonyl (C=O) groups is 2. The summed E-state index contributed by atoms with van der Waals surface area (Å²) in [5, 5.41) is 14.3. The Labute approximate surface area is 95.6 Å². The number of aliphatic carboxylic acids is 1. The van der Waals surface area contributed by atoms with Crippen LogP contribution in [0.3, 0.4) is 0 Å². The fraction of sp³-hybridized carbons (Fsp3) is 0.818. The zero-order chi connectivity index (χ0) is 12.4. The molecule has 5 nitrogen and oxygen atoms in total. The van der Waals surface area contributed by atoms with Crippen LogP contribution >= 0.6 is 0 Å². The molecule has 0 heterocycles. The lowest BCUT2D eigenvalue weighted by Crippen LogP contribution is -2.51. The second-order valence-corrected chi connectivity index (χ2v) is 5.42. The van der Waals surface area contributed by atoms with Crippen LogP contribution in [-0.2, 0) is 4.79 Å². The van der Waals surface area contributed by atoms with Crippen LogP contribution in [0.4, 0.5) is 4.79 Å². The lowest BCUT2D eigenvalue weighted by atomic mass is 9.99. The molecule has 1 saturated carbocycles. The molecule has 0 aromatic rings. The van der Waals surface area contributed by atoms with E-state index in [2.05, 4.69) is 10.6 Å². The molecule has 5 heteroatoms. The third kappa shape index (κ3) is 4.51. The molecule has 0 aromatic heterocycles. The van der Waals surface area contributed by atoms with Crippen LogP contribution in [0.15, 0.2) is 0 Å². The second kappa shape index (κ2) is 4.31. The van der Waals surface area contributed by atoms with Crippen molar-refractivity contribution in [1.29, 1.82) is 0 Å². The van der Waals surface area contributed by atoms with Crippen molar-refractivity contribution in [2.75, 3.05) is 0 Å². The van der Waals surface area contributed by atoms with E-state index in [0.29, 0.717) is 6.42 Å². The van der Waals surface area contributed by atoms with Crippen molar-refractivity contribution in [2.24, 2.45) is 0 Å². The number of rotatable bonds is 5. The Morgan fingerprint density at radius 2 is 1.94 bits per heavy atom. The van der Waals surface area contributed by atoms with Gasteiger partial charge < -0.3 is 15.7 Å². The topological polar surface area (TPSA) is 78.4 Å². The number of hydrogen-bond donors (Lipinski definition) is 3. The summed E-state index contributed by atoms with van der Waals surface area (Å²) in [5.41, 5.74) is -0.541. The second-order valence-electron chi connectivity index (χ2n) is 5.42. The Balaban J connectivity index is 2.33. The minimum absolute atomic E-state index is 0.0486. The van der Waals surface area contributed by atoms with Gasteiger partial charge in [0.25, 0.3) is 0 Å². The summed E-state index contributed by atoms with van der Waals surface area (Å²) in [6, 6.07) is -0.213. The van der Waals surface area contributed by atoms with E-state index in [1.54, 1.807) is 0 Å². The molecule has 1 rings (SSSR count). The Hall–Kier alpha value is -1.26. The minimum atomic E-state index is -0.843. The number of amides is 2. The molecule has 0 bridgehead atoms. The van der Waals surface area contributed by atoms with Gasteiger partial charge >= 0.3 is 12.0 Å². The molecule has 0 atom stereocenters. The lowest BCUT2D eigenvalue weighted by molar-refractivity contribution is -0.137. The summed E-state index contributed by atoms with van der Waals surface area (Å²) in [6.45, 7) is 5.65. The van der Waals surface area contributed by atoms with Gasteiger partial charge in [0.05, 0.1) is 0 Å². The maximum atomic E-state index is 11.6. The third-order valence-corrected chi connectivity index (χ3v) is 2.83. The lowest BCUT2D eigenvalue weighted by Gasteiger charge is -2.26. The first kappa shape index (κ1) is 12.8. The SMILES string of the molecule is CC(C)(CCC(=O)O)NC(=O)NC1(C)CC1. The van der Waals surface area contributed by atoms with Gasteiger partial charge in [0.2, 0.25) is 0 Å². The maximum Gasteiger partial charge on any atom is 0.315 e. The molecule has 92 valence electrons. The number of carbonyl (C=O) groups excluding carboxylic acids is 1. The van der Waals surface area contributed by atoms with Crippen LogP contribution in [0.5, 0.6) is 0 Å². The molecule has 16 heavy (non-hydrogen) atoms. The van der Waals surface area contributed by atoms with E-state index < -0.39 is 11.5 Å². The van der Waals surface area contributed by atoms with Crippen molar-refractivity contribution in [1.82, 2.24) is 10.6 Å². The van der Waals surface area contributed by atoms with Crippen LogP contribution in [0, 0.1) is 0 Å². The first-order chi connectivity index (χ1) is 7.22. The summed E-state index contributed by atoms with van der Waals surface area (Å²) in [5.74, 6) is -0.843. The molecule has 1 aliphatic carbocycles. The van der Waals surface area contributed by atoms with Gasteiger partial charge in [-0.15, -0.1) is 0 Å². The molecular weight excluding hydrogens is 208 g/mol. The van der Waals surface area contributed by atoms with E-state index in [-0.39, 0.29) is 18.0 Å². The maximum absolute atomic E-state index is 11.6. The van der Waals surface area contributed by atoms with Gasteiger partial charge in [-0.05, 0) is 40.0 Å². The molecule has 0 unspecified atom stereocenters. The number of nitrogens with one attached hydrogen (secondary N) is 2. The van der Waals surface area contributed by atoms with Gasteiger partial charge in [-0.2, -0.15) is 0 Å². The highest BCUT2D eigenvalue weighted by molar-refractivity contribution is 5.76. The van der Waals surface area contributed by atoms with Crippen molar-refractivity contribution in [2.45, 2.75) is 57.5 Å². The van der Waals surface area contributed by atoms with Crippen LogP contribution in [0.25, 0.3) is 0 Å². The number of carboxylic acids is 1. The monoisotopic (exact) mass is 228 g/mol.